The first kappa shape index (κ1) is 15.5. The molecule has 5 nitrogen and oxygen atoms in total. The maximum atomic E-state index is 12.1. The number of nitrogens with zero attached hydrogens (tertiary/aromatic N) is 1. The van der Waals surface area contributed by atoms with Crippen molar-refractivity contribution >= 4 is 11.8 Å². The van der Waals surface area contributed by atoms with Crippen molar-refractivity contribution in [2.45, 2.75) is 32.4 Å². The van der Waals surface area contributed by atoms with Crippen LogP contribution in [-0.4, -0.2) is 41.0 Å². The summed E-state index contributed by atoms with van der Waals surface area (Å²) >= 11 is 0. The van der Waals surface area contributed by atoms with Crippen LogP contribution >= 0.6 is 0 Å². The molecule has 2 rings (SSSR count). The summed E-state index contributed by atoms with van der Waals surface area (Å²) in [6, 6.07) is 9.70. The number of hydrogen-bond donors (Lipinski definition) is 2. The smallest absolute Gasteiger partial charge is 0.225 e. The van der Waals surface area contributed by atoms with E-state index < -0.39 is 0 Å². The van der Waals surface area contributed by atoms with Crippen molar-refractivity contribution in [2.75, 3.05) is 13.2 Å². The third-order valence-electron chi connectivity index (χ3n) is 3.75. The molecule has 1 aromatic carbocycles. The van der Waals surface area contributed by atoms with Crippen molar-refractivity contribution in [2.24, 2.45) is 5.92 Å². The number of likely N-dealkylation sites (tertiary alicyclic amines) is 1. The number of amides is 2. The first-order valence-electron chi connectivity index (χ1n) is 7.33. The molecule has 2 amide bonds. The Morgan fingerprint density at radius 2 is 2.14 bits per heavy atom. The zero-order valence-electron chi connectivity index (χ0n) is 12.3. The SMILES string of the molecule is CC(CCO)NC(=O)C1CC(=O)N(Cc2ccccc2)C1. The second kappa shape index (κ2) is 7.22. The predicted molar refractivity (Wildman–Crippen MR) is 79.3 cm³/mol. The van der Waals surface area contributed by atoms with Crippen LogP contribution in [0, 0.1) is 5.92 Å². The molecule has 2 atom stereocenters. The van der Waals surface area contributed by atoms with Crippen LogP contribution in [0.4, 0.5) is 0 Å². The van der Waals surface area contributed by atoms with E-state index in [0.717, 1.165) is 5.56 Å². The topological polar surface area (TPSA) is 69.6 Å². The Labute approximate surface area is 125 Å². The molecule has 1 fully saturated rings. The highest BCUT2D eigenvalue weighted by molar-refractivity contribution is 5.89. The van der Waals surface area contributed by atoms with E-state index in [0.29, 0.717) is 19.5 Å². The number of nitrogens with one attached hydrogen (secondary N) is 1. The van der Waals surface area contributed by atoms with E-state index in [-0.39, 0.29) is 36.8 Å². The monoisotopic (exact) mass is 290 g/mol. The van der Waals surface area contributed by atoms with Gasteiger partial charge in [-0.1, -0.05) is 30.3 Å². The fraction of sp³-hybridized carbons (Fsp3) is 0.500. The van der Waals surface area contributed by atoms with Crippen molar-refractivity contribution in [3.63, 3.8) is 0 Å². The number of benzene rings is 1. The fourth-order valence-corrected chi connectivity index (χ4v) is 2.53. The van der Waals surface area contributed by atoms with Gasteiger partial charge in [0, 0.05) is 32.2 Å². The van der Waals surface area contributed by atoms with Gasteiger partial charge in [0.15, 0.2) is 0 Å². The van der Waals surface area contributed by atoms with E-state index in [1.165, 1.54) is 0 Å². The van der Waals surface area contributed by atoms with Gasteiger partial charge < -0.3 is 15.3 Å². The predicted octanol–water partition coefficient (Wildman–Crippen LogP) is 0.922. The summed E-state index contributed by atoms with van der Waals surface area (Å²) in [6.45, 7) is 2.92. The van der Waals surface area contributed by atoms with Gasteiger partial charge in [-0.05, 0) is 18.9 Å². The molecule has 1 heterocycles. The number of aliphatic hydroxyl groups excluding tert-OH is 1. The van der Waals surface area contributed by atoms with Gasteiger partial charge in [0.2, 0.25) is 11.8 Å². The van der Waals surface area contributed by atoms with Crippen molar-refractivity contribution in [3.8, 4) is 0 Å². The molecule has 114 valence electrons. The van der Waals surface area contributed by atoms with Crippen LogP contribution < -0.4 is 5.32 Å². The minimum Gasteiger partial charge on any atom is -0.396 e. The van der Waals surface area contributed by atoms with Crippen LogP contribution in [-0.2, 0) is 16.1 Å². The summed E-state index contributed by atoms with van der Waals surface area (Å²) in [5.41, 5.74) is 1.07. The summed E-state index contributed by atoms with van der Waals surface area (Å²) in [7, 11) is 0. The molecule has 1 aliphatic heterocycles. The number of hydrogen-bond acceptors (Lipinski definition) is 3. The van der Waals surface area contributed by atoms with Crippen LogP contribution in [0.5, 0.6) is 0 Å². The lowest BCUT2D eigenvalue weighted by Crippen LogP contribution is -2.38. The van der Waals surface area contributed by atoms with E-state index in [4.69, 9.17) is 5.11 Å². The maximum absolute atomic E-state index is 12.1. The summed E-state index contributed by atoms with van der Waals surface area (Å²) < 4.78 is 0. The van der Waals surface area contributed by atoms with Crippen molar-refractivity contribution in [3.05, 3.63) is 35.9 Å². The summed E-state index contributed by atoms with van der Waals surface area (Å²) in [6.07, 6.45) is 0.796. The molecule has 0 saturated carbocycles. The lowest BCUT2D eigenvalue weighted by molar-refractivity contribution is -0.129. The molecule has 1 aliphatic rings. The van der Waals surface area contributed by atoms with Gasteiger partial charge in [-0.25, -0.2) is 0 Å². The van der Waals surface area contributed by atoms with Crippen LogP contribution in [0.2, 0.25) is 0 Å². The average molecular weight is 290 g/mol. The van der Waals surface area contributed by atoms with E-state index >= 15 is 0 Å². The Bertz CT molecular complexity index is 490. The Morgan fingerprint density at radius 1 is 1.43 bits per heavy atom. The van der Waals surface area contributed by atoms with Gasteiger partial charge in [0.1, 0.15) is 0 Å². The molecule has 21 heavy (non-hydrogen) atoms. The summed E-state index contributed by atoms with van der Waals surface area (Å²) in [4.78, 5) is 25.8. The molecule has 1 saturated heterocycles. The third-order valence-corrected chi connectivity index (χ3v) is 3.75. The van der Waals surface area contributed by atoms with Gasteiger partial charge in [0.05, 0.1) is 5.92 Å². The Kier molecular flexibility index (Phi) is 5.33. The largest absolute Gasteiger partial charge is 0.396 e. The molecule has 0 aromatic heterocycles. The van der Waals surface area contributed by atoms with Gasteiger partial charge >= 0.3 is 0 Å². The van der Waals surface area contributed by atoms with Crippen LogP contribution in [0.1, 0.15) is 25.3 Å². The molecular weight excluding hydrogens is 268 g/mol. The molecule has 2 N–H and O–H groups in total. The Hall–Kier alpha value is -1.88. The third kappa shape index (κ3) is 4.29. The average Bonchev–Trinajstić information content (AvgIpc) is 2.82. The maximum Gasteiger partial charge on any atom is 0.225 e. The van der Waals surface area contributed by atoms with Gasteiger partial charge in [0.25, 0.3) is 0 Å². The highest BCUT2D eigenvalue weighted by Gasteiger charge is 2.34. The first-order chi connectivity index (χ1) is 10.1. The zero-order chi connectivity index (χ0) is 15.2. The van der Waals surface area contributed by atoms with E-state index in [2.05, 4.69) is 5.32 Å². The van der Waals surface area contributed by atoms with E-state index in [1.807, 2.05) is 37.3 Å². The molecule has 0 bridgehead atoms. The van der Waals surface area contributed by atoms with Gasteiger partial charge in [-0.2, -0.15) is 0 Å². The van der Waals surface area contributed by atoms with Crippen molar-refractivity contribution in [1.82, 2.24) is 10.2 Å². The molecule has 0 radical (unpaired) electrons. The Balaban J connectivity index is 1.88. The summed E-state index contributed by atoms with van der Waals surface area (Å²) in [5.74, 6) is -0.365. The van der Waals surface area contributed by atoms with Crippen molar-refractivity contribution < 1.29 is 14.7 Å². The number of carbonyl (C=O) groups is 2. The lowest BCUT2D eigenvalue weighted by atomic mass is 10.1. The number of carbonyl (C=O) groups excluding carboxylic acids is 2. The number of aliphatic hydroxyl groups is 1. The quantitative estimate of drug-likeness (QED) is 0.818. The minimum atomic E-state index is -0.289. The number of rotatable bonds is 6. The summed E-state index contributed by atoms with van der Waals surface area (Å²) in [5, 5.41) is 11.7. The molecule has 0 aliphatic carbocycles. The van der Waals surface area contributed by atoms with Crippen LogP contribution in [0.15, 0.2) is 30.3 Å². The highest BCUT2D eigenvalue weighted by atomic mass is 16.3. The second-order valence-electron chi connectivity index (χ2n) is 5.58. The van der Waals surface area contributed by atoms with Gasteiger partial charge in [-0.15, -0.1) is 0 Å². The van der Waals surface area contributed by atoms with E-state index in [1.54, 1.807) is 4.90 Å². The van der Waals surface area contributed by atoms with Gasteiger partial charge in [-0.3, -0.25) is 9.59 Å². The highest BCUT2D eigenvalue weighted by Crippen LogP contribution is 2.20. The standard InChI is InChI=1S/C16H22N2O3/c1-12(7-8-19)17-16(21)14-9-15(20)18(11-14)10-13-5-3-2-4-6-13/h2-6,12,14,19H,7-11H2,1H3,(H,17,21). The lowest BCUT2D eigenvalue weighted by Gasteiger charge is -2.18. The zero-order valence-corrected chi connectivity index (χ0v) is 12.3. The van der Waals surface area contributed by atoms with Crippen LogP contribution in [0.3, 0.4) is 0 Å². The Morgan fingerprint density at radius 3 is 2.81 bits per heavy atom. The van der Waals surface area contributed by atoms with Crippen LogP contribution in [0.25, 0.3) is 0 Å². The molecular formula is C16H22N2O3. The molecule has 5 heteroatoms. The first-order valence-corrected chi connectivity index (χ1v) is 7.33. The normalized spacial score (nSPS) is 19.6. The second-order valence-corrected chi connectivity index (χ2v) is 5.58. The minimum absolute atomic E-state index is 0.0221. The van der Waals surface area contributed by atoms with Crippen molar-refractivity contribution in [1.29, 1.82) is 0 Å². The molecule has 2 unspecified atom stereocenters. The van der Waals surface area contributed by atoms with E-state index in [9.17, 15) is 9.59 Å². The molecule has 1 aromatic rings. The molecule has 0 spiro atoms. The fourth-order valence-electron chi connectivity index (χ4n) is 2.53.